The molecule has 0 bridgehead atoms. The van der Waals surface area contributed by atoms with Gasteiger partial charge in [0.25, 0.3) is 0 Å². The highest BCUT2D eigenvalue weighted by Crippen LogP contribution is 2.23. The highest BCUT2D eigenvalue weighted by Gasteiger charge is 2.15. The van der Waals surface area contributed by atoms with Gasteiger partial charge in [-0.1, -0.05) is 17.5 Å². The molecule has 2 aromatic heterocycles. The van der Waals surface area contributed by atoms with Crippen molar-refractivity contribution < 1.29 is 0 Å². The van der Waals surface area contributed by atoms with Gasteiger partial charge in [0.2, 0.25) is 0 Å². The summed E-state index contributed by atoms with van der Waals surface area (Å²) in [4.78, 5) is 5.34. The maximum atomic E-state index is 4.22. The van der Waals surface area contributed by atoms with E-state index in [0.29, 0.717) is 0 Å². The number of hydrogen-bond donors (Lipinski definition) is 1. The number of nitrogens with zero attached hydrogens (tertiary/aromatic N) is 3. The Morgan fingerprint density at radius 2 is 2.25 bits per heavy atom. The van der Waals surface area contributed by atoms with Crippen LogP contribution in [0.2, 0.25) is 0 Å². The predicted octanol–water partition coefficient (Wildman–Crippen LogP) is 1.94. The van der Waals surface area contributed by atoms with Gasteiger partial charge in [-0.3, -0.25) is 4.98 Å². The third-order valence-corrected chi connectivity index (χ3v) is 3.03. The highest BCUT2D eigenvalue weighted by atomic mass is 32.1. The van der Waals surface area contributed by atoms with E-state index in [1.54, 1.807) is 6.20 Å². The second-order valence-electron chi connectivity index (χ2n) is 3.61. The first kappa shape index (κ1) is 11.2. The molecule has 2 aromatic rings. The highest BCUT2D eigenvalue weighted by molar-refractivity contribution is 7.05. The molecule has 16 heavy (non-hydrogen) atoms. The van der Waals surface area contributed by atoms with E-state index in [1.807, 2.05) is 19.3 Å². The van der Waals surface area contributed by atoms with Gasteiger partial charge in [-0.25, -0.2) is 0 Å². The number of rotatable bonds is 4. The maximum Gasteiger partial charge on any atom is 0.0718 e. The van der Waals surface area contributed by atoms with Gasteiger partial charge in [0.05, 0.1) is 17.1 Å². The Hall–Kier alpha value is -1.33. The van der Waals surface area contributed by atoms with E-state index in [-0.39, 0.29) is 6.04 Å². The Morgan fingerprint density at radius 1 is 1.38 bits per heavy atom. The zero-order valence-corrected chi connectivity index (χ0v) is 10.2. The summed E-state index contributed by atoms with van der Waals surface area (Å²) in [7, 11) is 0. The van der Waals surface area contributed by atoms with E-state index in [9.17, 15) is 0 Å². The lowest BCUT2D eigenvalue weighted by atomic mass is 10.1. The summed E-state index contributed by atoms with van der Waals surface area (Å²) in [6.07, 6.45) is 5.55. The zero-order chi connectivity index (χ0) is 11.4. The largest absolute Gasteiger partial charge is 0.306 e. The molecule has 0 amide bonds. The van der Waals surface area contributed by atoms with E-state index in [0.717, 1.165) is 22.5 Å². The summed E-state index contributed by atoms with van der Waals surface area (Å²) in [5.74, 6) is 0. The van der Waals surface area contributed by atoms with Crippen LogP contribution in [0.3, 0.4) is 0 Å². The minimum absolute atomic E-state index is 0.150. The molecule has 0 saturated heterocycles. The van der Waals surface area contributed by atoms with Crippen LogP contribution in [-0.4, -0.2) is 21.1 Å². The molecule has 2 heterocycles. The zero-order valence-electron chi connectivity index (χ0n) is 9.34. The molecule has 4 nitrogen and oxygen atoms in total. The van der Waals surface area contributed by atoms with E-state index in [1.165, 1.54) is 11.5 Å². The van der Waals surface area contributed by atoms with Crippen molar-refractivity contribution in [2.75, 3.05) is 6.54 Å². The molecule has 1 unspecified atom stereocenters. The van der Waals surface area contributed by atoms with Crippen LogP contribution in [0.4, 0.5) is 0 Å². The average Bonchev–Trinajstić information content (AvgIpc) is 2.79. The van der Waals surface area contributed by atoms with Crippen LogP contribution >= 0.6 is 11.5 Å². The monoisotopic (exact) mass is 234 g/mol. The van der Waals surface area contributed by atoms with Gasteiger partial charge in [0, 0.05) is 12.4 Å². The van der Waals surface area contributed by atoms with Crippen LogP contribution in [0.5, 0.6) is 0 Å². The van der Waals surface area contributed by atoms with Gasteiger partial charge >= 0.3 is 0 Å². The van der Waals surface area contributed by atoms with Crippen molar-refractivity contribution in [1.29, 1.82) is 0 Å². The molecular formula is C11H14N4S. The number of aryl methyl sites for hydroxylation is 1. The van der Waals surface area contributed by atoms with Crippen LogP contribution in [0, 0.1) is 6.92 Å². The summed E-state index contributed by atoms with van der Waals surface area (Å²) < 4.78 is 3.90. The van der Waals surface area contributed by atoms with Gasteiger partial charge in [0.1, 0.15) is 0 Å². The van der Waals surface area contributed by atoms with Gasteiger partial charge in [0.15, 0.2) is 0 Å². The second kappa shape index (κ2) is 5.14. The van der Waals surface area contributed by atoms with Gasteiger partial charge in [-0.05, 0) is 36.1 Å². The molecule has 0 fully saturated rings. The number of pyridine rings is 1. The summed E-state index contributed by atoms with van der Waals surface area (Å²) >= 11 is 1.42. The first-order valence-corrected chi connectivity index (χ1v) is 6.00. The summed E-state index contributed by atoms with van der Waals surface area (Å²) in [5.41, 5.74) is 2.32. The van der Waals surface area contributed by atoms with Crippen LogP contribution in [0.25, 0.3) is 0 Å². The molecule has 0 aromatic carbocycles. The Morgan fingerprint density at radius 3 is 2.88 bits per heavy atom. The lowest BCUT2D eigenvalue weighted by Crippen LogP contribution is -2.21. The summed E-state index contributed by atoms with van der Waals surface area (Å²) in [6.45, 7) is 5.03. The number of hydrogen-bond acceptors (Lipinski definition) is 5. The van der Waals surface area contributed by atoms with Gasteiger partial charge in [-0.2, -0.15) is 0 Å². The van der Waals surface area contributed by atoms with Crippen molar-refractivity contribution in [3.8, 4) is 0 Å². The molecule has 0 saturated carbocycles. The summed E-state index contributed by atoms with van der Waals surface area (Å²) in [5, 5.41) is 7.30. The van der Waals surface area contributed by atoms with Crippen molar-refractivity contribution in [1.82, 2.24) is 19.9 Å². The molecule has 1 atom stereocenters. The van der Waals surface area contributed by atoms with Crippen molar-refractivity contribution in [2.24, 2.45) is 0 Å². The van der Waals surface area contributed by atoms with Crippen molar-refractivity contribution in [3.63, 3.8) is 0 Å². The maximum absolute atomic E-state index is 4.22. The predicted molar refractivity (Wildman–Crippen MR) is 64.4 cm³/mol. The Balaban J connectivity index is 2.33. The van der Waals surface area contributed by atoms with E-state index in [2.05, 4.69) is 32.9 Å². The van der Waals surface area contributed by atoms with Crippen molar-refractivity contribution in [3.05, 3.63) is 40.7 Å². The molecule has 84 valence electrons. The molecule has 2 rings (SSSR count). The fraction of sp³-hybridized carbons (Fsp3) is 0.364. The van der Waals surface area contributed by atoms with Gasteiger partial charge in [-0.15, -0.1) is 5.10 Å². The van der Waals surface area contributed by atoms with Crippen molar-refractivity contribution in [2.45, 2.75) is 19.9 Å². The Bertz CT molecular complexity index is 441. The first-order valence-electron chi connectivity index (χ1n) is 5.23. The molecule has 0 spiro atoms. The third-order valence-electron chi connectivity index (χ3n) is 2.30. The molecular weight excluding hydrogens is 220 g/mol. The van der Waals surface area contributed by atoms with E-state index in [4.69, 9.17) is 0 Å². The minimum Gasteiger partial charge on any atom is -0.306 e. The fourth-order valence-corrected chi connectivity index (χ4v) is 2.23. The normalized spacial score (nSPS) is 12.6. The second-order valence-corrected chi connectivity index (χ2v) is 4.42. The number of nitrogens with one attached hydrogen (secondary N) is 1. The smallest absolute Gasteiger partial charge is 0.0718 e. The topological polar surface area (TPSA) is 50.7 Å². The lowest BCUT2D eigenvalue weighted by Gasteiger charge is -2.15. The third kappa shape index (κ3) is 2.43. The fourth-order valence-electron chi connectivity index (χ4n) is 1.63. The number of aromatic nitrogens is 3. The lowest BCUT2D eigenvalue weighted by molar-refractivity contribution is 0.636. The molecule has 0 aliphatic heterocycles. The summed E-state index contributed by atoms with van der Waals surface area (Å²) in [6, 6.07) is 2.29. The molecule has 0 radical (unpaired) electrons. The standard InChI is InChI=1S/C11H14N4S/c1-3-13-11(10-7-14-15-16-10)9-4-8(2)5-12-6-9/h4-7,11,13H,3H2,1-2H3. The Labute approximate surface area is 98.9 Å². The SMILES string of the molecule is CCNC(c1cncc(C)c1)c1cnns1. The molecule has 5 heteroatoms. The van der Waals surface area contributed by atoms with Gasteiger partial charge < -0.3 is 5.32 Å². The van der Waals surface area contributed by atoms with E-state index < -0.39 is 0 Å². The van der Waals surface area contributed by atoms with Crippen LogP contribution in [0.15, 0.2) is 24.7 Å². The van der Waals surface area contributed by atoms with Crippen LogP contribution < -0.4 is 5.32 Å². The molecule has 1 N–H and O–H groups in total. The molecule has 0 aliphatic carbocycles. The average molecular weight is 234 g/mol. The van der Waals surface area contributed by atoms with E-state index >= 15 is 0 Å². The van der Waals surface area contributed by atoms with Crippen molar-refractivity contribution >= 4 is 11.5 Å². The minimum atomic E-state index is 0.150. The first-order chi connectivity index (χ1) is 7.81. The Kier molecular flexibility index (Phi) is 3.58. The molecule has 0 aliphatic rings. The quantitative estimate of drug-likeness (QED) is 0.878. The van der Waals surface area contributed by atoms with Crippen LogP contribution in [-0.2, 0) is 0 Å². The van der Waals surface area contributed by atoms with Crippen LogP contribution in [0.1, 0.15) is 29.0 Å².